The van der Waals surface area contributed by atoms with Crippen molar-refractivity contribution in [2.24, 2.45) is 0 Å². The molecule has 0 aliphatic rings. The number of para-hydroxylation sites is 6. The summed E-state index contributed by atoms with van der Waals surface area (Å²) < 4.78 is 192. The molecule has 6 heterocycles. The number of hydrogen-bond donors (Lipinski definition) is 0. The molecule has 0 saturated heterocycles. The number of aromatic nitrogens is 4. The first kappa shape index (κ1) is 61.4. The fourth-order valence-corrected chi connectivity index (χ4v) is 20.3. The second-order valence-corrected chi connectivity index (χ2v) is 37.8. The summed E-state index contributed by atoms with van der Waals surface area (Å²) >= 11 is 0. The molecule has 6 nitrogen and oxygen atoms in total. The summed E-state index contributed by atoms with van der Waals surface area (Å²) in [5, 5.41) is 7.43. The van der Waals surface area contributed by atoms with Crippen LogP contribution in [0.15, 0.2) is 418 Å². The van der Waals surface area contributed by atoms with Crippen LogP contribution < -0.4 is 9.80 Å². The van der Waals surface area contributed by atoms with Gasteiger partial charge in [0.2, 0.25) is 0 Å². The van der Waals surface area contributed by atoms with Crippen LogP contribution in [0.1, 0.15) is 104 Å². The highest BCUT2D eigenvalue weighted by Crippen LogP contribution is 2.57. The average molecular weight is 1710 g/mol. The lowest BCUT2D eigenvalue weighted by atomic mass is 9.81. The second-order valence-electron chi connectivity index (χ2n) is 37.8. The number of hydrogen-bond acceptors (Lipinski definition) is 2. The molecule has 25 aromatic rings. The maximum atomic E-state index is 11.3. The molecule has 132 heavy (non-hydrogen) atoms. The van der Waals surface area contributed by atoms with Gasteiger partial charge >= 0.3 is 0 Å². The van der Waals surface area contributed by atoms with E-state index in [0.717, 1.165) is 110 Å². The lowest BCUT2D eigenvalue weighted by Crippen LogP contribution is -2.20. The molecule has 6 heteroatoms. The smallest absolute Gasteiger partial charge is 0.0645 e. The summed E-state index contributed by atoms with van der Waals surface area (Å²) in [5.41, 5.74) is 14.1. The Morgan fingerprint density at radius 2 is 0.515 bits per heavy atom. The van der Waals surface area contributed by atoms with Crippen molar-refractivity contribution in [3.05, 3.63) is 435 Å². The summed E-state index contributed by atoms with van der Waals surface area (Å²) in [6.07, 6.45) is 0. The van der Waals surface area contributed by atoms with Crippen molar-refractivity contribution < 1.29 is 24.7 Å². The van der Waals surface area contributed by atoms with Gasteiger partial charge in [0.1, 0.15) is 0 Å². The molecule has 25 rings (SSSR count). The number of anilines is 6. The van der Waals surface area contributed by atoms with Crippen LogP contribution in [0.3, 0.4) is 0 Å². The molecule has 0 aliphatic heterocycles. The standard InChI is InChI=1S/C126H96N6/c1-124(2,3)87-70-94(127(90-44-34-46-92(76-90)129-112-54-28-22-48-96(112)106-64-83(60-62-118(106)129)79-36-14-10-15-37-79)120-102(81-40-18-12-19-41-81)72-88(125(4,5)6)74-104(120)85-66-108-98-50-24-30-56-114(98)131-115-57-31-25-51-99(115)109(67-85)122(108)131)78-95(71-87)128(91-45-35-47-93(77-91)130-113-55-29-23-49-97(113)107-65-84(61-63-119(107)130)80-38-16-11-17-39-80)121-103(82-42-20-13-21-43-82)73-89(126(7,8)9)75-105(121)86-68-110-100-52-26-32-58-116(100)132-117-59-33-27-53-101(117)111(69-86)123(110)132/h10-78H,1-9H3/i22D,23D,28D,29D,44D,45D,46D,47D,48D,49D,54D,55D,60D,61D,62D,63D,64D,65D. The molecular weight excluding hydrogens is 1600 g/mol. The molecule has 0 unspecified atom stereocenters. The van der Waals surface area contributed by atoms with E-state index < -0.39 is 76.7 Å². The van der Waals surface area contributed by atoms with Crippen molar-refractivity contribution in [2.45, 2.75) is 78.6 Å². The fourth-order valence-electron chi connectivity index (χ4n) is 20.3. The summed E-state index contributed by atoms with van der Waals surface area (Å²) in [6, 6.07) is 93.5. The second kappa shape index (κ2) is 29.8. The molecule has 6 aromatic heterocycles. The van der Waals surface area contributed by atoms with Crippen LogP contribution >= 0.6 is 0 Å². The SMILES string of the molecule is [2H]c1cc([2H])c(-n2c3c([2H])c([2H])c([2H])c([2H])c3c3c([2H])c(-c4ccccc4)c([2H])c([2H])c32)cc1N(c1cc(N(c2cc(-n3c4c([2H])c([2H])c([2H])c([2H])c4c4c([2H])c(-c5ccccc5)c([2H])c([2H])c43)c([2H])cc2[2H])c2c(-c3ccccc3)cc(C(C)(C)C)cc2-c2cc3c4ccccc4n4c5ccccc5c(c2)c34)cc(C(C)(C)C)c1)c1c(-c2ccccc2)cc(C(C)(C)C)cc1-c1cc2c3ccccc3n3c4ccccc4c(c1)c23. The first-order valence-electron chi connectivity index (χ1n) is 53.9. The predicted molar refractivity (Wildman–Crippen MR) is 563 cm³/mol. The van der Waals surface area contributed by atoms with Crippen molar-refractivity contribution in [3.8, 4) is 78.1 Å². The maximum Gasteiger partial charge on any atom is 0.0645 e. The van der Waals surface area contributed by atoms with Gasteiger partial charge in [0, 0.05) is 121 Å². The zero-order valence-corrected chi connectivity index (χ0v) is 74.1. The van der Waals surface area contributed by atoms with Crippen LogP contribution in [0, 0.1) is 0 Å². The Balaban J connectivity index is 0.884. The van der Waals surface area contributed by atoms with Crippen LogP contribution in [0.5, 0.6) is 0 Å². The third kappa shape index (κ3) is 12.4. The Kier molecular flexibility index (Phi) is 13.9. The third-order valence-corrected chi connectivity index (χ3v) is 26.7. The average Bonchev–Trinajstić information content (AvgIpc) is 1.53. The first-order valence-corrected chi connectivity index (χ1v) is 44.9. The molecule has 630 valence electrons. The summed E-state index contributed by atoms with van der Waals surface area (Å²) in [6.45, 7) is 19.4. The normalized spacial score (nSPS) is 14.3. The van der Waals surface area contributed by atoms with Crippen molar-refractivity contribution in [1.29, 1.82) is 0 Å². The van der Waals surface area contributed by atoms with Crippen molar-refractivity contribution in [1.82, 2.24) is 17.9 Å². The summed E-state index contributed by atoms with van der Waals surface area (Å²) in [7, 11) is 0. The van der Waals surface area contributed by atoms with Gasteiger partial charge in [0.15, 0.2) is 0 Å². The van der Waals surface area contributed by atoms with Gasteiger partial charge in [-0.05, 0) is 241 Å². The van der Waals surface area contributed by atoms with E-state index in [0.29, 0.717) is 61.7 Å². The van der Waals surface area contributed by atoms with E-state index in [9.17, 15) is 24.7 Å². The van der Waals surface area contributed by atoms with Crippen molar-refractivity contribution >= 4 is 154 Å². The van der Waals surface area contributed by atoms with Gasteiger partial charge in [-0.3, -0.25) is 0 Å². The van der Waals surface area contributed by atoms with Crippen molar-refractivity contribution in [2.75, 3.05) is 9.80 Å². The summed E-state index contributed by atoms with van der Waals surface area (Å²) in [5.74, 6) is 0. The van der Waals surface area contributed by atoms with Crippen LogP contribution in [-0.2, 0) is 16.2 Å². The van der Waals surface area contributed by atoms with E-state index in [1.54, 1.807) is 72.8 Å². The zero-order valence-electron chi connectivity index (χ0n) is 92.1. The Morgan fingerprint density at radius 1 is 0.212 bits per heavy atom. The van der Waals surface area contributed by atoms with E-state index >= 15 is 0 Å². The molecule has 0 N–H and O–H groups in total. The molecule has 0 saturated carbocycles. The lowest BCUT2D eigenvalue weighted by Gasteiger charge is -2.36. The first-order chi connectivity index (χ1) is 71.9. The molecule has 0 bridgehead atoms. The van der Waals surface area contributed by atoms with Crippen LogP contribution in [0.4, 0.5) is 34.1 Å². The molecule has 0 fully saturated rings. The molecule has 0 atom stereocenters. The quantitative estimate of drug-likeness (QED) is 0.108. The molecule has 0 aliphatic carbocycles. The predicted octanol–water partition coefficient (Wildman–Crippen LogP) is 35.0. The van der Waals surface area contributed by atoms with Gasteiger partial charge in [0.05, 0.1) is 91.2 Å². The lowest BCUT2D eigenvalue weighted by molar-refractivity contribution is 0.590. The monoisotopic (exact) mass is 1710 g/mol. The topological polar surface area (TPSA) is 25.2 Å². The fraction of sp³-hybridized carbons (Fsp3) is 0.0952. The molecule has 19 aromatic carbocycles. The number of fused-ring (bicyclic) bond motifs is 18. The van der Waals surface area contributed by atoms with Crippen molar-refractivity contribution in [3.63, 3.8) is 0 Å². The highest BCUT2D eigenvalue weighted by atomic mass is 15.2. The van der Waals surface area contributed by atoms with E-state index in [1.807, 2.05) is 52.3 Å². The number of benzene rings is 19. The van der Waals surface area contributed by atoms with E-state index in [1.165, 1.54) is 21.3 Å². The Bertz CT molecular complexity index is 9400. The number of rotatable bonds is 14. The van der Waals surface area contributed by atoms with Gasteiger partial charge in [0.25, 0.3) is 0 Å². The van der Waals surface area contributed by atoms with Gasteiger partial charge in [-0.25, -0.2) is 0 Å². The third-order valence-electron chi connectivity index (χ3n) is 26.7. The van der Waals surface area contributed by atoms with E-state index in [2.05, 4.69) is 253 Å². The zero-order chi connectivity index (χ0) is 104. The highest BCUT2D eigenvalue weighted by Gasteiger charge is 2.35. The van der Waals surface area contributed by atoms with Crippen LogP contribution in [-0.4, -0.2) is 17.9 Å². The van der Waals surface area contributed by atoms with Crippen LogP contribution in [0.25, 0.3) is 198 Å². The Labute approximate surface area is 793 Å². The van der Waals surface area contributed by atoms with E-state index in [-0.39, 0.29) is 126 Å². The van der Waals surface area contributed by atoms with Gasteiger partial charge in [-0.2, -0.15) is 0 Å². The minimum absolute atomic E-state index is 0.0480. The van der Waals surface area contributed by atoms with Gasteiger partial charge in [-0.1, -0.05) is 317 Å². The molecular formula is C126H96N6. The summed E-state index contributed by atoms with van der Waals surface area (Å²) in [4.78, 5) is 4.09. The largest absolute Gasteiger partial charge is 0.309 e. The maximum absolute atomic E-state index is 11.3. The molecule has 0 spiro atoms. The Morgan fingerprint density at radius 3 is 0.864 bits per heavy atom. The minimum atomic E-state index is -0.910. The number of nitrogens with zero attached hydrogens (tertiary/aromatic N) is 6. The minimum Gasteiger partial charge on any atom is -0.309 e. The van der Waals surface area contributed by atoms with Crippen LogP contribution in [0.2, 0.25) is 0 Å². The molecule has 0 amide bonds. The van der Waals surface area contributed by atoms with Gasteiger partial charge < -0.3 is 27.7 Å². The molecule has 0 radical (unpaired) electrons. The highest BCUT2D eigenvalue weighted by molar-refractivity contribution is 6.27. The van der Waals surface area contributed by atoms with Gasteiger partial charge in [-0.15, -0.1) is 0 Å². The Hall–Kier alpha value is -16.0. The van der Waals surface area contributed by atoms with E-state index in [4.69, 9.17) is 0 Å².